The minimum absolute atomic E-state index is 0.0600. The number of carbonyl (C=O) groups is 2. The topological polar surface area (TPSA) is 46.6 Å². The number of anilines is 1. The smallest absolute Gasteiger partial charge is 0.468 e. The molecule has 1 rings (SSSR count). The van der Waals surface area contributed by atoms with Gasteiger partial charge in [0.1, 0.15) is 6.54 Å². The third-order valence-corrected chi connectivity index (χ3v) is 2.82. The van der Waals surface area contributed by atoms with E-state index in [9.17, 15) is 22.8 Å². The predicted molar refractivity (Wildman–Crippen MR) is 64.6 cm³/mol. The molecule has 0 aliphatic carbocycles. The molecule has 4 nitrogen and oxygen atoms in total. The van der Waals surface area contributed by atoms with Crippen LogP contribution in [-0.2, 0) is 14.3 Å². The van der Waals surface area contributed by atoms with E-state index in [0.29, 0.717) is 4.90 Å². The molecule has 1 aromatic rings. The van der Waals surface area contributed by atoms with Gasteiger partial charge in [-0.25, -0.2) is 0 Å². The summed E-state index contributed by atoms with van der Waals surface area (Å²) in [5.74, 6) is -3.09. The van der Waals surface area contributed by atoms with Crippen molar-refractivity contribution < 1.29 is 27.5 Å². The highest BCUT2D eigenvalue weighted by atomic mass is 79.9. The van der Waals surface area contributed by atoms with E-state index in [0.717, 1.165) is 7.11 Å². The van der Waals surface area contributed by atoms with E-state index in [2.05, 4.69) is 20.7 Å². The molecule has 0 heterocycles. The van der Waals surface area contributed by atoms with Crippen LogP contribution >= 0.6 is 15.9 Å². The summed E-state index contributed by atoms with van der Waals surface area (Å²) < 4.78 is 42.1. The zero-order chi connectivity index (χ0) is 14.6. The van der Waals surface area contributed by atoms with Gasteiger partial charge in [-0.2, -0.15) is 13.2 Å². The molecule has 0 radical (unpaired) electrons. The number of alkyl halides is 3. The maximum atomic E-state index is 12.5. The molecular formula is C11H9BrF3NO3. The number of benzene rings is 1. The van der Waals surface area contributed by atoms with Crippen molar-refractivity contribution in [3.05, 3.63) is 28.7 Å². The Hall–Kier alpha value is -1.57. The van der Waals surface area contributed by atoms with Gasteiger partial charge in [0.05, 0.1) is 12.8 Å². The standard InChI is InChI=1S/C11H9BrF3NO3/c1-19-9(17)6-16(10(18)11(13,14)15)8-5-3-2-4-7(8)12/h2-5H,6H2,1H3. The van der Waals surface area contributed by atoms with Crippen LogP contribution in [0.4, 0.5) is 18.9 Å². The molecule has 0 unspecified atom stereocenters. The second-order valence-electron chi connectivity index (χ2n) is 3.42. The quantitative estimate of drug-likeness (QED) is 0.795. The van der Waals surface area contributed by atoms with Crippen molar-refractivity contribution in [2.24, 2.45) is 0 Å². The maximum Gasteiger partial charge on any atom is 0.471 e. The van der Waals surface area contributed by atoms with Crippen LogP contribution in [-0.4, -0.2) is 31.7 Å². The molecule has 0 fully saturated rings. The number of hydrogen-bond donors (Lipinski definition) is 0. The second kappa shape index (κ2) is 6.05. The van der Waals surface area contributed by atoms with Gasteiger partial charge in [0.15, 0.2) is 0 Å². The molecule has 0 saturated carbocycles. The summed E-state index contributed by atoms with van der Waals surface area (Å²) in [4.78, 5) is 22.8. The van der Waals surface area contributed by atoms with Gasteiger partial charge in [-0.05, 0) is 28.1 Å². The van der Waals surface area contributed by atoms with Gasteiger partial charge < -0.3 is 4.74 Å². The SMILES string of the molecule is COC(=O)CN(C(=O)C(F)(F)F)c1ccccc1Br. The Balaban J connectivity index is 3.17. The van der Waals surface area contributed by atoms with E-state index in [1.54, 1.807) is 6.07 Å². The minimum atomic E-state index is -5.08. The van der Waals surface area contributed by atoms with Crippen LogP contribution in [0.3, 0.4) is 0 Å². The average molecular weight is 340 g/mol. The van der Waals surface area contributed by atoms with Gasteiger partial charge in [-0.1, -0.05) is 12.1 Å². The Morgan fingerprint density at radius 1 is 1.32 bits per heavy atom. The van der Waals surface area contributed by atoms with Crippen molar-refractivity contribution in [3.8, 4) is 0 Å². The molecule has 0 aliphatic heterocycles. The predicted octanol–water partition coefficient (Wildman–Crippen LogP) is 2.52. The number of rotatable bonds is 3. The van der Waals surface area contributed by atoms with E-state index in [1.807, 2.05) is 0 Å². The molecule has 0 atom stereocenters. The van der Waals surface area contributed by atoms with Crippen molar-refractivity contribution in [3.63, 3.8) is 0 Å². The summed E-state index contributed by atoms with van der Waals surface area (Å²) in [6.07, 6.45) is -5.08. The van der Waals surface area contributed by atoms with E-state index in [-0.39, 0.29) is 10.2 Å². The Labute approximate surface area is 115 Å². The second-order valence-corrected chi connectivity index (χ2v) is 4.27. The zero-order valence-corrected chi connectivity index (χ0v) is 11.3. The molecule has 1 aromatic carbocycles. The number of halogens is 4. The van der Waals surface area contributed by atoms with Gasteiger partial charge >= 0.3 is 18.1 Å². The van der Waals surface area contributed by atoms with E-state index < -0.39 is 24.6 Å². The van der Waals surface area contributed by atoms with Crippen molar-refractivity contribution in [1.29, 1.82) is 0 Å². The fourth-order valence-electron chi connectivity index (χ4n) is 1.28. The highest BCUT2D eigenvalue weighted by Crippen LogP contribution is 2.29. The fourth-order valence-corrected chi connectivity index (χ4v) is 1.78. The summed E-state index contributed by atoms with van der Waals surface area (Å²) in [5.41, 5.74) is -0.0600. The van der Waals surface area contributed by atoms with Crippen molar-refractivity contribution in [2.45, 2.75) is 6.18 Å². The minimum Gasteiger partial charge on any atom is -0.468 e. The lowest BCUT2D eigenvalue weighted by atomic mass is 10.2. The molecule has 0 saturated heterocycles. The molecule has 0 N–H and O–H groups in total. The molecule has 19 heavy (non-hydrogen) atoms. The number of nitrogens with zero attached hydrogens (tertiary/aromatic N) is 1. The summed E-state index contributed by atoms with van der Waals surface area (Å²) >= 11 is 3.03. The normalized spacial score (nSPS) is 11.0. The van der Waals surface area contributed by atoms with Crippen molar-refractivity contribution in [2.75, 3.05) is 18.6 Å². The highest BCUT2D eigenvalue weighted by molar-refractivity contribution is 9.10. The van der Waals surface area contributed by atoms with Crippen LogP contribution in [0.15, 0.2) is 28.7 Å². The largest absolute Gasteiger partial charge is 0.471 e. The molecule has 104 valence electrons. The van der Waals surface area contributed by atoms with E-state index >= 15 is 0 Å². The highest BCUT2D eigenvalue weighted by Gasteiger charge is 2.44. The van der Waals surface area contributed by atoms with Crippen LogP contribution in [0.1, 0.15) is 0 Å². The Kier molecular flexibility index (Phi) is 4.93. The number of esters is 1. The van der Waals surface area contributed by atoms with Gasteiger partial charge in [0.2, 0.25) is 0 Å². The number of para-hydroxylation sites is 1. The fraction of sp³-hybridized carbons (Fsp3) is 0.273. The Morgan fingerprint density at radius 2 is 1.89 bits per heavy atom. The monoisotopic (exact) mass is 339 g/mol. The lowest BCUT2D eigenvalue weighted by Gasteiger charge is -2.23. The third kappa shape index (κ3) is 3.95. The molecule has 1 amide bonds. The zero-order valence-electron chi connectivity index (χ0n) is 9.70. The lowest BCUT2D eigenvalue weighted by molar-refractivity contribution is -0.171. The molecule has 0 bridgehead atoms. The average Bonchev–Trinajstić information content (AvgIpc) is 2.34. The van der Waals surface area contributed by atoms with Crippen LogP contribution in [0.2, 0.25) is 0 Å². The number of ether oxygens (including phenoxy) is 1. The number of methoxy groups -OCH3 is 1. The Bertz CT molecular complexity index is 490. The van der Waals surface area contributed by atoms with Gasteiger partial charge in [-0.3, -0.25) is 14.5 Å². The lowest BCUT2D eigenvalue weighted by Crippen LogP contribution is -2.44. The van der Waals surface area contributed by atoms with Crippen molar-refractivity contribution in [1.82, 2.24) is 0 Å². The third-order valence-electron chi connectivity index (χ3n) is 2.15. The summed E-state index contributed by atoms with van der Waals surface area (Å²) in [6.45, 7) is -0.822. The van der Waals surface area contributed by atoms with E-state index in [1.165, 1.54) is 18.2 Å². The molecule has 0 aliphatic rings. The number of carbonyl (C=O) groups excluding carboxylic acids is 2. The summed E-state index contributed by atoms with van der Waals surface area (Å²) in [7, 11) is 1.03. The number of amides is 1. The molecule has 8 heteroatoms. The maximum absolute atomic E-state index is 12.5. The summed E-state index contributed by atoms with van der Waals surface area (Å²) in [5, 5.41) is 0. The molecule has 0 aromatic heterocycles. The van der Waals surface area contributed by atoms with Crippen LogP contribution in [0.25, 0.3) is 0 Å². The summed E-state index contributed by atoms with van der Waals surface area (Å²) in [6, 6.07) is 5.77. The molecule has 0 spiro atoms. The van der Waals surface area contributed by atoms with Crippen LogP contribution in [0, 0.1) is 0 Å². The molecular weight excluding hydrogens is 331 g/mol. The first-order valence-corrected chi connectivity index (χ1v) is 5.76. The first-order valence-electron chi connectivity index (χ1n) is 4.97. The number of hydrogen-bond acceptors (Lipinski definition) is 3. The van der Waals surface area contributed by atoms with Crippen LogP contribution < -0.4 is 4.90 Å². The Morgan fingerprint density at radius 3 is 2.37 bits per heavy atom. The van der Waals surface area contributed by atoms with Gasteiger partial charge in [0, 0.05) is 4.47 Å². The van der Waals surface area contributed by atoms with Gasteiger partial charge in [-0.15, -0.1) is 0 Å². The first kappa shape index (κ1) is 15.5. The van der Waals surface area contributed by atoms with E-state index in [4.69, 9.17) is 0 Å². The van der Waals surface area contributed by atoms with Crippen LogP contribution in [0.5, 0.6) is 0 Å². The van der Waals surface area contributed by atoms with Gasteiger partial charge in [0.25, 0.3) is 0 Å². The van der Waals surface area contributed by atoms with Crippen molar-refractivity contribution >= 4 is 33.5 Å². The first-order chi connectivity index (χ1) is 8.77.